The monoisotopic (exact) mass is 750 g/mol. The van der Waals surface area contributed by atoms with Gasteiger partial charge in [-0.3, -0.25) is 9.80 Å². The van der Waals surface area contributed by atoms with Crippen LogP contribution < -0.4 is 5.32 Å². The molecular formula is C49H75N5O. The van der Waals surface area contributed by atoms with Crippen LogP contribution in [0.4, 0.5) is 0 Å². The van der Waals surface area contributed by atoms with Crippen LogP contribution in [0.15, 0.2) is 0 Å². The molecule has 4 aliphatic heterocycles. The summed E-state index contributed by atoms with van der Waals surface area (Å²) in [7, 11) is 0. The van der Waals surface area contributed by atoms with Gasteiger partial charge in [-0.2, -0.15) is 10.5 Å². The third-order valence-electron chi connectivity index (χ3n) is 20.3. The molecule has 6 heteroatoms. The van der Waals surface area contributed by atoms with E-state index in [4.69, 9.17) is 4.74 Å². The van der Waals surface area contributed by atoms with Crippen molar-refractivity contribution in [1.82, 2.24) is 15.1 Å². The van der Waals surface area contributed by atoms with E-state index in [2.05, 4.69) is 27.3 Å². The lowest BCUT2D eigenvalue weighted by Gasteiger charge is -2.47. The first-order valence-electron chi connectivity index (χ1n) is 24.9. The minimum atomic E-state index is -0.0352. The summed E-state index contributed by atoms with van der Waals surface area (Å²) in [6.45, 7) is 2.53. The summed E-state index contributed by atoms with van der Waals surface area (Å²) in [5.41, 5.74) is 0. The van der Waals surface area contributed by atoms with Crippen molar-refractivity contribution in [3.05, 3.63) is 0 Å². The molecule has 4 heterocycles. The standard InChI is InChI=1S/C49H75N5O/c50-27-34-11-10-31(22-35(34)28-51)30-12-16-37(17-13-30)53-44-9-5-4-8-38(44)41-26-49-43(25-46(41)53)42-24-33(15-19-48(42)55-49)32-14-18-45-40(23-32)39-20-21-52-29-47(39)54(45)36-6-2-1-3-7-36/h30-49,52H,1-26,29H2. The number of nitrogens with one attached hydrogen (secondary N) is 1. The summed E-state index contributed by atoms with van der Waals surface area (Å²) in [6.07, 6.45) is 36.0. The molecule has 0 spiro atoms. The minimum absolute atomic E-state index is 0.0302. The molecule has 0 bridgehead atoms. The Morgan fingerprint density at radius 1 is 0.418 bits per heavy atom. The van der Waals surface area contributed by atoms with E-state index in [-0.39, 0.29) is 11.8 Å². The lowest BCUT2D eigenvalue weighted by molar-refractivity contribution is -0.0272. The van der Waals surface area contributed by atoms with Gasteiger partial charge in [0.15, 0.2) is 0 Å². The predicted molar refractivity (Wildman–Crippen MR) is 216 cm³/mol. The van der Waals surface area contributed by atoms with Crippen molar-refractivity contribution in [2.75, 3.05) is 13.1 Å². The van der Waals surface area contributed by atoms with Gasteiger partial charge in [0, 0.05) is 42.8 Å². The first-order valence-corrected chi connectivity index (χ1v) is 24.9. The van der Waals surface area contributed by atoms with Crippen LogP contribution >= 0.6 is 0 Å². The molecule has 302 valence electrons. The Morgan fingerprint density at radius 3 is 1.87 bits per heavy atom. The molecule has 17 unspecified atom stereocenters. The highest BCUT2D eigenvalue weighted by Crippen LogP contribution is 2.60. The summed E-state index contributed by atoms with van der Waals surface area (Å²) in [5, 5.41) is 23.3. The molecule has 7 saturated carbocycles. The molecular weight excluding hydrogens is 675 g/mol. The zero-order chi connectivity index (χ0) is 36.6. The van der Waals surface area contributed by atoms with Gasteiger partial charge in [-0.15, -0.1) is 0 Å². The van der Waals surface area contributed by atoms with E-state index in [1.54, 1.807) is 6.42 Å². The summed E-state index contributed by atoms with van der Waals surface area (Å²) >= 11 is 0. The fourth-order valence-corrected chi connectivity index (χ4v) is 18.0. The van der Waals surface area contributed by atoms with E-state index in [9.17, 15) is 10.5 Å². The lowest BCUT2D eigenvalue weighted by Crippen LogP contribution is -2.52. The van der Waals surface area contributed by atoms with Crippen molar-refractivity contribution in [2.24, 2.45) is 71.0 Å². The average Bonchev–Trinajstić information content (AvgIpc) is 3.89. The first kappa shape index (κ1) is 36.9. The number of nitriles is 2. The summed E-state index contributed by atoms with van der Waals surface area (Å²) < 4.78 is 7.23. The van der Waals surface area contributed by atoms with Gasteiger partial charge in [-0.1, -0.05) is 32.1 Å². The van der Waals surface area contributed by atoms with E-state index in [1.807, 2.05) is 0 Å². The average molecular weight is 750 g/mol. The molecule has 0 amide bonds. The highest BCUT2D eigenvalue weighted by Gasteiger charge is 2.60. The van der Waals surface area contributed by atoms with Gasteiger partial charge < -0.3 is 10.1 Å². The van der Waals surface area contributed by atoms with Crippen molar-refractivity contribution in [1.29, 1.82) is 10.5 Å². The van der Waals surface area contributed by atoms with E-state index >= 15 is 0 Å². The maximum Gasteiger partial charge on any atom is 0.0669 e. The topological polar surface area (TPSA) is 75.3 Å². The molecule has 11 aliphatic rings. The SMILES string of the molecule is N#CC1CCC(C2CCC(N3C4CCCCC4C4CC5OC6CCC(C7CCC8C(C7)C7CCNCC7N8C7CCCCC7)CC6C5CC43)CC2)CC1C#N. The smallest absolute Gasteiger partial charge is 0.0669 e. The third-order valence-corrected chi connectivity index (χ3v) is 20.3. The van der Waals surface area contributed by atoms with E-state index in [0.29, 0.717) is 18.1 Å². The van der Waals surface area contributed by atoms with Crippen molar-refractivity contribution < 1.29 is 4.74 Å². The van der Waals surface area contributed by atoms with Gasteiger partial charge in [-0.05, 0) is 194 Å². The van der Waals surface area contributed by atoms with Crippen LogP contribution in [0, 0.1) is 93.7 Å². The molecule has 0 aromatic heterocycles. The van der Waals surface area contributed by atoms with E-state index < -0.39 is 0 Å². The molecule has 55 heavy (non-hydrogen) atoms. The Bertz CT molecular complexity index is 1440. The van der Waals surface area contributed by atoms with Crippen molar-refractivity contribution in [2.45, 2.75) is 209 Å². The van der Waals surface area contributed by atoms with Crippen LogP contribution in [0.25, 0.3) is 0 Å². The molecule has 11 fully saturated rings. The quantitative estimate of drug-likeness (QED) is 0.309. The fourth-order valence-electron chi connectivity index (χ4n) is 18.0. The zero-order valence-corrected chi connectivity index (χ0v) is 34.3. The maximum atomic E-state index is 9.83. The summed E-state index contributed by atoms with van der Waals surface area (Å²) in [6, 6.07) is 10.0. The number of ether oxygens (including phenoxy) is 1. The molecule has 6 nitrogen and oxygen atoms in total. The highest BCUT2D eigenvalue weighted by molar-refractivity contribution is 5.13. The van der Waals surface area contributed by atoms with Crippen LogP contribution in [0.2, 0.25) is 0 Å². The molecule has 0 radical (unpaired) electrons. The van der Waals surface area contributed by atoms with Crippen LogP contribution in [0.3, 0.4) is 0 Å². The molecule has 1 N–H and O–H groups in total. The van der Waals surface area contributed by atoms with Crippen molar-refractivity contribution >= 4 is 0 Å². The van der Waals surface area contributed by atoms with Crippen LogP contribution in [-0.4, -0.2) is 71.3 Å². The van der Waals surface area contributed by atoms with E-state index in [1.165, 1.54) is 154 Å². The van der Waals surface area contributed by atoms with Crippen molar-refractivity contribution in [3.8, 4) is 12.1 Å². The van der Waals surface area contributed by atoms with Crippen LogP contribution in [0.5, 0.6) is 0 Å². The Labute approximate surface area is 334 Å². The van der Waals surface area contributed by atoms with Crippen LogP contribution in [-0.2, 0) is 4.74 Å². The van der Waals surface area contributed by atoms with Crippen LogP contribution in [0.1, 0.15) is 161 Å². The third kappa shape index (κ3) is 6.42. The second kappa shape index (κ2) is 15.4. The normalized spacial score (nSPS) is 53.1. The van der Waals surface area contributed by atoms with E-state index in [0.717, 1.165) is 102 Å². The molecule has 4 saturated heterocycles. The first-order chi connectivity index (χ1) is 27.2. The van der Waals surface area contributed by atoms with Crippen molar-refractivity contribution in [3.63, 3.8) is 0 Å². The number of likely N-dealkylation sites (tertiary alicyclic amines) is 2. The Morgan fingerprint density at radius 2 is 1.04 bits per heavy atom. The van der Waals surface area contributed by atoms with Gasteiger partial charge in [0.25, 0.3) is 0 Å². The number of rotatable bonds is 4. The zero-order valence-electron chi connectivity index (χ0n) is 34.3. The molecule has 0 aromatic rings. The Kier molecular flexibility index (Phi) is 10.4. The van der Waals surface area contributed by atoms with Gasteiger partial charge in [0.05, 0.1) is 36.2 Å². The van der Waals surface area contributed by atoms with Gasteiger partial charge >= 0.3 is 0 Å². The van der Waals surface area contributed by atoms with Gasteiger partial charge in [-0.25, -0.2) is 0 Å². The number of fused-ring (bicyclic) bond motifs is 9. The second-order valence-corrected chi connectivity index (χ2v) is 22.2. The predicted octanol–water partition coefficient (Wildman–Crippen LogP) is 9.49. The summed E-state index contributed by atoms with van der Waals surface area (Å²) in [4.78, 5) is 6.41. The Hall–Kier alpha value is -1.18. The Balaban J connectivity index is 0.764. The van der Waals surface area contributed by atoms with Gasteiger partial charge in [0.2, 0.25) is 0 Å². The number of piperidine rings is 1. The highest BCUT2D eigenvalue weighted by atomic mass is 16.5. The minimum Gasteiger partial charge on any atom is -0.374 e. The maximum absolute atomic E-state index is 9.83. The molecule has 0 aromatic carbocycles. The molecule has 11 rings (SSSR count). The molecule has 7 aliphatic carbocycles. The number of hydrogen-bond acceptors (Lipinski definition) is 6. The molecule has 17 atom stereocenters. The number of nitrogens with zero attached hydrogens (tertiary/aromatic N) is 4. The largest absolute Gasteiger partial charge is 0.374 e. The van der Waals surface area contributed by atoms with Gasteiger partial charge in [0.1, 0.15) is 0 Å². The lowest BCUT2D eigenvalue weighted by atomic mass is 9.61. The second-order valence-electron chi connectivity index (χ2n) is 22.2. The summed E-state index contributed by atoms with van der Waals surface area (Å²) in [5.74, 6) is 8.67. The number of hydrogen-bond donors (Lipinski definition) is 1. The fraction of sp³-hybridized carbons (Fsp3) is 0.959.